The van der Waals surface area contributed by atoms with E-state index in [4.69, 9.17) is 5.73 Å². The summed E-state index contributed by atoms with van der Waals surface area (Å²) in [7, 11) is -1.90. The highest BCUT2D eigenvalue weighted by Crippen LogP contribution is 2.29. The molecule has 0 aliphatic carbocycles. The second kappa shape index (κ2) is 5.45. The fourth-order valence-corrected chi connectivity index (χ4v) is 4.24. The Labute approximate surface area is 128 Å². The Hall–Kier alpha value is -1.77. The van der Waals surface area contributed by atoms with E-state index in [-0.39, 0.29) is 29.9 Å². The Kier molecular flexibility index (Phi) is 3.75. The lowest BCUT2D eigenvalue weighted by atomic mass is 10.0. The van der Waals surface area contributed by atoms with E-state index in [2.05, 4.69) is 4.98 Å². The van der Waals surface area contributed by atoms with Gasteiger partial charge in [0.25, 0.3) is 0 Å². The SMILES string of the molecule is Cn1cnc([C@@H]2CN(S(=O)(=O)c3cccc(F)c3)C[C@H]2N)c1. The summed E-state index contributed by atoms with van der Waals surface area (Å²) in [5.41, 5.74) is 6.86. The number of aromatic nitrogens is 2. The van der Waals surface area contributed by atoms with E-state index >= 15 is 0 Å². The minimum atomic E-state index is -3.75. The Morgan fingerprint density at radius 2 is 2.14 bits per heavy atom. The van der Waals surface area contributed by atoms with E-state index in [1.807, 2.05) is 13.2 Å². The molecule has 6 nitrogen and oxygen atoms in total. The van der Waals surface area contributed by atoms with Crippen molar-refractivity contribution in [2.45, 2.75) is 16.9 Å². The maximum atomic E-state index is 13.3. The van der Waals surface area contributed by atoms with Crippen molar-refractivity contribution in [1.82, 2.24) is 13.9 Å². The first-order valence-corrected chi connectivity index (χ1v) is 8.31. The van der Waals surface area contributed by atoms with Gasteiger partial charge in [-0.15, -0.1) is 0 Å². The van der Waals surface area contributed by atoms with Gasteiger partial charge >= 0.3 is 0 Å². The van der Waals surface area contributed by atoms with Gasteiger partial charge in [0.05, 0.1) is 16.9 Å². The molecule has 0 amide bonds. The lowest BCUT2D eigenvalue weighted by molar-refractivity contribution is 0.469. The molecule has 0 bridgehead atoms. The molecule has 0 spiro atoms. The predicted molar refractivity (Wildman–Crippen MR) is 79.1 cm³/mol. The van der Waals surface area contributed by atoms with Gasteiger partial charge in [-0.05, 0) is 18.2 Å². The van der Waals surface area contributed by atoms with Crippen molar-refractivity contribution >= 4 is 10.0 Å². The van der Waals surface area contributed by atoms with Crippen molar-refractivity contribution in [2.24, 2.45) is 12.8 Å². The first kappa shape index (κ1) is 15.1. The molecule has 8 heteroatoms. The smallest absolute Gasteiger partial charge is 0.243 e. The molecular formula is C14H17FN4O2S. The Morgan fingerprint density at radius 1 is 1.36 bits per heavy atom. The maximum Gasteiger partial charge on any atom is 0.243 e. The second-order valence-corrected chi connectivity index (χ2v) is 7.45. The lowest BCUT2D eigenvalue weighted by Gasteiger charge is -2.16. The monoisotopic (exact) mass is 324 g/mol. The van der Waals surface area contributed by atoms with Gasteiger partial charge in [0.1, 0.15) is 5.82 Å². The van der Waals surface area contributed by atoms with Crippen LogP contribution in [-0.2, 0) is 17.1 Å². The molecular weight excluding hydrogens is 307 g/mol. The first-order valence-electron chi connectivity index (χ1n) is 6.87. The zero-order chi connectivity index (χ0) is 15.9. The minimum absolute atomic E-state index is 0.0543. The van der Waals surface area contributed by atoms with Gasteiger partial charge in [-0.1, -0.05) is 6.07 Å². The molecule has 2 atom stereocenters. The third-order valence-corrected chi connectivity index (χ3v) is 5.70. The van der Waals surface area contributed by atoms with Gasteiger partial charge < -0.3 is 10.3 Å². The lowest BCUT2D eigenvalue weighted by Crippen LogP contribution is -2.32. The van der Waals surface area contributed by atoms with E-state index in [0.29, 0.717) is 0 Å². The molecule has 1 aliphatic heterocycles. The van der Waals surface area contributed by atoms with Crippen LogP contribution in [0.5, 0.6) is 0 Å². The Bertz CT molecular complexity index is 790. The summed E-state index contributed by atoms with van der Waals surface area (Å²) in [5, 5.41) is 0. The van der Waals surface area contributed by atoms with E-state index in [1.165, 1.54) is 22.5 Å². The van der Waals surface area contributed by atoms with Gasteiger partial charge in [0.2, 0.25) is 10.0 Å². The Balaban J connectivity index is 1.87. The quantitative estimate of drug-likeness (QED) is 0.900. The van der Waals surface area contributed by atoms with E-state index in [1.54, 1.807) is 10.9 Å². The number of nitrogens with zero attached hydrogens (tertiary/aromatic N) is 3. The van der Waals surface area contributed by atoms with Gasteiger partial charge in [-0.3, -0.25) is 0 Å². The van der Waals surface area contributed by atoms with Crippen LogP contribution in [0.2, 0.25) is 0 Å². The standard InChI is InChI=1S/C14H17FN4O2S/c1-18-8-14(17-9-18)12-6-19(7-13(12)16)22(20,21)11-4-2-3-10(15)5-11/h2-5,8-9,12-13H,6-7,16H2,1H3/t12-,13-/m1/s1. The van der Waals surface area contributed by atoms with Crippen LogP contribution in [0.25, 0.3) is 0 Å². The second-order valence-electron chi connectivity index (χ2n) is 5.51. The van der Waals surface area contributed by atoms with Crippen LogP contribution in [-0.4, -0.2) is 41.4 Å². The molecule has 1 fully saturated rings. The van der Waals surface area contributed by atoms with Crippen molar-refractivity contribution in [1.29, 1.82) is 0 Å². The molecule has 1 aliphatic rings. The van der Waals surface area contributed by atoms with Crippen LogP contribution in [0, 0.1) is 5.82 Å². The van der Waals surface area contributed by atoms with E-state index < -0.39 is 15.8 Å². The maximum absolute atomic E-state index is 13.3. The van der Waals surface area contributed by atoms with Crippen molar-refractivity contribution in [3.63, 3.8) is 0 Å². The number of nitrogens with two attached hydrogens (primary N) is 1. The van der Waals surface area contributed by atoms with Crippen molar-refractivity contribution < 1.29 is 12.8 Å². The third kappa shape index (κ3) is 2.65. The Morgan fingerprint density at radius 3 is 2.77 bits per heavy atom. The zero-order valence-corrected chi connectivity index (χ0v) is 12.9. The van der Waals surface area contributed by atoms with E-state index in [0.717, 1.165) is 11.8 Å². The molecule has 0 unspecified atom stereocenters. The zero-order valence-electron chi connectivity index (χ0n) is 12.1. The molecule has 1 aromatic carbocycles. The van der Waals surface area contributed by atoms with Crippen LogP contribution in [0.3, 0.4) is 0 Å². The highest BCUT2D eigenvalue weighted by atomic mass is 32.2. The number of sulfonamides is 1. The fraction of sp³-hybridized carbons (Fsp3) is 0.357. The third-order valence-electron chi connectivity index (χ3n) is 3.87. The molecule has 2 aromatic rings. The van der Waals surface area contributed by atoms with Crippen LogP contribution in [0.4, 0.5) is 4.39 Å². The van der Waals surface area contributed by atoms with Gasteiger partial charge in [-0.25, -0.2) is 17.8 Å². The highest BCUT2D eigenvalue weighted by Gasteiger charge is 2.39. The van der Waals surface area contributed by atoms with Gasteiger partial charge in [0, 0.05) is 38.3 Å². The number of aryl methyl sites for hydroxylation is 1. The highest BCUT2D eigenvalue weighted by molar-refractivity contribution is 7.89. The molecule has 0 saturated carbocycles. The average molecular weight is 324 g/mol. The molecule has 2 N–H and O–H groups in total. The summed E-state index contributed by atoms with van der Waals surface area (Å²) in [6, 6.07) is 4.67. The average Bonchev–Trinajstić information content (AvgIpc) is 3.05. The van der Waals surface area contributed by atoms with Gasteiger partial charge in [0.15, 0.2) is 0 Å². The summed E-state index contributed by atoms with van der Waals surface area (Å²) in [5.74, 6) is -0.740. The number of halogens is 1. The van der Waals surface area contributed by atoms with Crippen molar-refractivity contribution in [3.8, 4) is 0 Å². The van der Waals surface area contributed by atoms with Crippen LogP contribution in [0.1, 0.15) is 11.6 Å². The number of imidazole rings is 1. The number of benzene rings is 1. The van der Waals surface area contributed by atoms with Crippen LogP contribution >= 0.6 is 0 Å². The fourth-order valence-electron chi connectivity index (χ4n) is 2.70. The predicted octanol–water partition coefficient (Wildman–Crippen LogP) is 0.675. The molecule has 3 rings (SSSR count). The summed E-state index contributed by atoms with van der Waals surface area (Å²) < 4.78 is 41.6. The number of hydrogen-bond acceptors (Lipinski definition) is 4. The largest absolute Gasteiger partial charge is 0.340 e. The topological polar surface area (TPSA) is 81.2 Å². The molecule has 1 aromatic heterocycles. The minimum Gasteiger partial charge on any atom is -0.340 e. The normalized spacial score (nSPS) is 23.0. The number of rotatable bonds is 3. The molecule has 0 radical (unpaired) electrons. The summed E-state index contributed by atoms with van der Waals surface area (Å²) in [6.45, 7) is 0.442. The van der Waals surface area contributed by atoms with Crippen LogP contribution in [0.15, 0.2) is 41.7 Å². The van der Waals surface area contributed by atoms with Gasteiger partial charge in [-0.2, -0.15) is 4.31 Å². The molecule has 1 saturated heterocycles. The van der Waals surface area contributed by atoms with Crippen molar-refractivity contribution in [2.75, 3.05) is 13.1 Å². The van der Waals surface area contributed by atoms with Crippen molar-refractivity contribution in [3.05, 3.63) is 48.3 Å². The first-order chi connectivity index (χ1) is 10.4. The molecule has 2 heterocycles. The molecule has 22 heavy (non-hydrogen) atoms. The van der Waals surface area contributed by atoms with Crippen LogP contribution < -0.4 is 5.73 Å². The summed E-state index contributed by atoms with van der Waals surface area (Å²) in [6.07, 6.45) is 3.49. The number of hydrogen-bond donors (Lipinski definition) is 1. The molecule has 118 valence electrons. The summed E-state index contributed by atoms with van der Waals surface area (Å²) >= 11 is 0. The summed E-state index contributed by atoms with van der Waals surface area (Å²) in [4.78, 5) is 4.20. The van der Waals surface area contributed by atoms with E-state index in [9.17, 15) is 12.8 Å².